The lowest BCUT2D eigenvalue weighted by Gasteiger charge is -1.99. The van der Waals surface area contributed by atoms with Crippen molar-refractivity contribution in [2.75, 3.05) is 0 Å². The molecule has 0 aromatic heterocycles. The Morgan fingerprint density at radius 1 is 1.16 bits per heavy atom. The number of terminal acetylenes is 1. The van der Waals surface area contributed by atoms with Crippen molar-refractivity contribution in [1.82, 2.24) is 0 Å². The van der Waals surface area contributed by atoms with Gasteiger partial charge in [0.1, 0.15) is 5.78 Å². The Bertz CT molecular complexity index is 405. The summed E-state index contributed by atoms with van der Waals surface area (Å²) < 4.78 is 0. The third kappa shape index (κ3) is 20.1. The highest BCUT2D eigenvalue weighted by atomic mass is 16.4. The minimum atomic E-state index is -0.709. The summed E-state index contributed by atoms with van der Waals surface area (Å²) in [7, 11) is 0. The Labute approximate surface area is 154 Å². The summed E-state index contributed by atoms with van der Waals surface area (Å²) in [5.74, 6) is 0.304. The van der Waals surface area contributed by atoms with Gasteiger partial charge in [-0.25, -0.2) is 0 Å². The molecule has 3 heteroatoms. The molecule has 0 radical (unpaired) electrons. The molecule has 1 aliphatic carbocycles. The number of carboxylic acids is 1. The molecule has 0 heterocycles. The van der Waals surface area contributed by atoms with E-state index in [0.717, 1.165) is 32.1 Å². The van der Waals surface area contributed by atoms with Gasteiger partial charge in [0.05, 0.1) is 0 Å². The minimum Gasteiger partial charge on any atom is -0.481 e. The number of carbonyl (C=O) groups excluding carboxylic acids is 1. The fourth-order valence-electron chi connectivity index (χ4n) is 2.52. The molecule has 1 rings (SSSR count). The van der Waals surface area contributed by atoms with E-state index < -0.39 is 5.97 Å². The molecule has 142 valence electrons. The second kappa shape index (κ2) is 20.2. The summed E-state index contributed by atoms with van der Waals surface area (Å²) in [5, 5.41) is 8.19. The molecule has 0 aliphatic heterocycles. The van der Waals surface area contributed by atoms with Crippen LogP contribution in [0.2, 0.25) is 0 Å². The summed E-state index contributed by atoms with van der Waals surface area (Å²) in [6.45, 7) is 4.17. The van der Waals surface area contributed by atoms with Crippen LogP contribution in [-0.4, -0.2) is 16.9 Å². The number of Topliss-reactive ketones (excluding diaryl/α,β-unsaturated/α-hetero) is 1. The van der Waals surface area contributed by atoms with Gasteiger partial charge in [0.15, 0.2) is 0 Å². The molecular weight excluding hydrogens is 312 g/mol. The number of unbranched alkanes of at least 4 members (excludes halogenated alkanes) is 5. The first-order valence-corrected chi connectivity index (χ1v) is 9.44. The van der Waals surface area contributed by atoms with Crippen LogP contribution in [0.3, 0.4) is 0 Å². The fraction of sp³-hybridized carbons (Fsp3) is 0.636. The lowest BCUT2D eigenvalue weighted by molar-refractivity contribution is -0.137. The van der Waals surface area contributed by atoms with Gasteiger partial charge in [-0.15, -0.1) is 12.8 Å². The summed E-state index contributed by atoms with van der Waals surface area (Å²) in [4.78, 5) is 20.9. The van der Waals surface area contributed by atoms with Gasteiger partial charge in [-0.3, -0.25) is 9.59 Å². The van der Waals surface area contributed by atoms with Crippen LogP contribution in [0, 0.1) is 18.8 Å². The molecule has 3 nitrogen and oxygen atoms in total. The SMILES string of the molecule is C#C.C/C=C\CCCC(=O)O.CCCCCC/C=C/[C@H]1CCC(=O)C1. The van der Waals surface area contributed by atoms with Crippen molar-refractivity contribution in [3.8, 4) is 12.8 Å². The van der Waals surface area contributed by atoms with Gasteiger partial charge in [-0.1, -0.05) is 50.5 Å². The molecule has 0 bridgehead atoms. The number of rotatable bonds is 10. The first-order chi connectivity index (χ1) is 12.1. The molecule has 1 aliphatic rings. The van der Waals surface area contributed by atoms with Gasteiger partial charge >= 0.3 is 5.97 Å². The zero-order chi connectivity index (χ0) is 19.3. The minimum absolute atomic E-state index is 0.282. The van der Waals surface area contributed by atoms with Gasteiger partial charge < -0.3 is 5.11 Å². The predicted octanol–water partition coefficient (Wildman–Crippen LogP) is 5.95. The second-order valence-corrected chi connectivity index (χ2v) is 6.17. The standard InChI is InChI=1S/C13H22O.C7H12O2.C2H2/c1-2-3-4-5-6-7-8-12-9-10-13(14)11-12;1-2-3-4-5-6-7(8)9;1-2/h7-8,12H,2-6,9-11H2,1H3;2-3H,4-6H2,1H3,(H,8,9);1-2H/b8-7+;3-2-;/t12-;;/m0../s1. The van der Waals surface area contributed by atoms with Crippen LogP contribution in [0.4, 0.5) is 0 Å². The lowest BCUT2D eigenvalue weighted by atomic mass is 10.1. The average molecular weight is 349 g/mol. The van der Waals surface area contributed by atoms with Crippen LogP contribution in [0.25, 0.3) is 0 Å². The van der Waals surface area contributed by atoms with E-state index in [1.165, 1.54) is 32.1 Å². The maximum atomic E-state index is 11.0. The van der Waals surface area contributed by atoms with Gasteiger partial charge in [-0.05, 0) is 44.9 Å². The van der Waals surface area contributed by atoms with Crippen molar-refractivity contribution in [3.05, 3.63) is 24.3 Å². The summed E-state index contributed by atoms with van der Waals surface area (Å²) >= 11 is 0. The van der Waals surface area contributed by atoms with Crippen molar-refractivity contribution in [2.45, 2.75) is 84.5 Å². The van der Waals surface area contributed by atoms with Crippen LogP contribution >= 0.6 is 0 Å². The highest BCUT2D eigenvalue weighted by Gasteiger charge is 2.18. The van der Waals surface area contributed by atoms with E-state index in [1.807, 2.05) is 19.1 Å². The summed E-state index contributed by atoms with van der Waals surface area (Å²) in [6.07, 6.45) is 27.6. The summed E-state index contributed by atoms with van der Waals surface area (Å²) in [5.41, 5.74) is 0. The Morgan fingerprint density at radius 3 is 2.36 bits per heavy atom. The van der Waals surface area contributed by atoms with Crippen LogP contribution < -0.4 is 0 Å². The van der Waals surface area contributed by atoms with Crippen LogP contribution in [0.5, 0.6) is 0 Å². The lowest BCUT2D eigenvalue weighted by Crippen LogP contribution is -1.92. The number of carbonyl (C=O) groups is 2. The van der Waals surface area contributed by atoms with Crippen molar-refractivity contribution in [2.24, 2.45) is 5.92 Å². The van der Waals surface area contributed by atoms with E-state index in [2.05, 4.69) is 31.9 Å². The highest BCUT2D eigenvalue weighted by molar-refractivity contribution is 5.80. The van der Waals surface area contributed by atoms with Gasteiger partial charge in [0, 0.05) is 19.3 Å². The quantitative estimate of drug-likeness (QED) is 0.301. The molecule has 1 saturated carbocycles. The van der Waals surface area contributed by atoms with E-state index in [-0.39, 0.29) is 6.42 Å². The Balaban J connectivity index is 0. The van der Waals surface area contributed by atoms with E-state index in [0.29, 0.717) is 11.7 Å². The molecule has 0 spiro atoms. The van der Waals surface area contributed by atoms with Crippen LogP contribution in [0.15, 0.2) is 24.3 Å². The Kier molecular flexibility index (Phi) is 20.6. The van der Waals surface area contributed by atoms with Crippen molar-refractivity contribution in [1.29, 1.82) is 0 Å². The molecule has 25 heavy (non-hydrogen) atoms. The number of aliphatic carboxylic acids is 1. The molecule has 1 atom stereocenters. The molecular formula is C22H36O3. The normalized spacial score (nSPS) is 16.3. The zero-order valence-corrected chi connectivity index (χ0v) is 16.1. The van der Waals surface area contributed by atoms with E-state index in [9.17, 15) is 9.59 Å². The van der Waals surface area contributed by atoms with Crippen LogP contribution in [0.1, 0.15) is 84.5 Å². The van der Waals surface area contributed by atoms with E-state index in [1.54, 1.807) is 0 Å². The third-order valence-corrected chi connectivity index (χ3v) is 3.91. The second-order valence-electron chi connectivity index (χ2n) is 6.17. The first-order valence-electron chi connectivity index (χ1n) is 9.44. The molecule has 1 N–H and O–H groups in total. The van der Waals surface area contributed by atoms with E-state index >= 15 is 0 Å². The first kappa shape index (κ1) is 25.4. The number of hydrogen-bond donors (Lipinski definition) is 1. The molecule has 0 amide bonds. The monoisotopic (exact) mass is 348 g/mol. The predicted molar refractivity (Wildman–Crippen MR) is 106 cm³/mol. The van der Waals surface area contributed by atoms with Crippen molar-refractivity contribution < 1.29 is 14.7 Å². The highest BCUT2D eigenvalue weighted by Crippen LogP contribution is 2.23. The molecule has 0 aromatic rings. The maximum Gasteiger partial charge on any atom is 0.303 e. The van der Waals surface area contributed by atoms with Crippen molar-refractivity contribution >= 4 is 11.8 Å². The molecule has 0 saturated heterocycles. The Morgan fingerprint density at radius 2 is 1.84 bits per heavy atom. The van der Waals surface area contributed by atoms with Gasteiger partial charge in [0.25, 0.3) is 0 Å². The summed E-state index contributed by atoms with van der Waals surface area (Å²) in [6, 6.07) is 0. The smallest absolute Gasteiger partial charge is 0.303 e. The largest absolute Gasteiger partial charge is 0.481 e. The third-order valence-electron chi connectivity index (χ3n) is 3.91. The number of carboxylic acid groups (broad SMARTS) is 1. The van der Waals surface area contributed by atoms with Gasteiger partial charge in [-0.2, -0.15) is 0 Å². The topological polar surface area (TPSA) is 54.4 Å². The molecule has 0 unspecified atom stereocenters. The molecule has 0 aromatic carbocycles. The number of hydrogen-bond acceptors (Lipinski definition) is 2. The number of ketones is 1. The van der Waals surface area contributed by atoms with Crippen molar-refractivity contribution in [3.63, 3.8) is 0 Å². The molecule has 1 fully saturated rings. The zero-order valence-electron chi connectivity index (χ0n) is 16.1. The average Bonchev–Trinajstić information content (AvgIpc) is 3.02. The maximum absolute atomic E-state index is 11.0. The fourth-order valence-corrected chi connectivity index (χ4v) is 2.52. The van der Waals surface area contributed by atoms with Gasteiger partial charge in [0.2, 0.25) is 0 Å². The Hall–Kier alpha value is -1.82. The number of allylic oxidation sites excluding steroid dienone is 4. The van der Waals surface area contributed by atoms with E-state index in [4.69, 9.17) is 5.11 Å². The van der Waals surface area contributed by atoms with Crippen LogP contribution in [-0.2, 0) is 9.59 Å².